The molecule has 4 rings (SSSR count). The Morgan fingerprint density at radius 2 is 1.78 bits per heavy atom. The standard InChI is InChI=1S/C24H29ClN2O4S/c1-17-5-3-13-26(16-17)32(29,30)23-15-19(9-12-21(23)25)24(28)27-14-4-6-22(27)18-7-10-20(31-2)11-8-18/h7-12,15,17,22H,3-6,13-14,16H2,1-2H3. The van der Waals surface area contributed by atoms with E-state index < -0.39 is 10.0 Å². The third kappa shape index (κ3) is 4.51. The number of hydrogen-bond acceptors (Lipinski definition) is 4. The maximum absolute atomic E-state index is 13.4. The smallest absolute Gasteiger partial charge is 0.254 e. The van der Waals surface area contributed by atoms with E-state index in [1.807, 2.05) is 29.2 Å². The summed E-state index contributed by atoms with van der Waals surface area (Å²) in [6.45, 7) is 3.63. The van der Waals surface area contributed by atoms with Crippen molar-refractivity contribution in [2.75, 3.05) is 26.7 Å². The highest BCUT2D eigenvalue weighted by atomic mass is 35.5. The number of halogens is 1. The fraction of sp³-hybridized carbons (Fsp3) is 0.458. The lowest BCUT2D eigenvalue weighted by Gasteiger charge is -2.30. The number of amides is 1. The van der Waals surface area contributed by atoms with Gasteiger partial charge in [-0.05, 0) is 67.5 Å². The summed E-state index contributed by atoms with van der Waals surface area (Å²) in [4.78, 5) is 15.3. The van der Waals surface area contributed by atoms with E-state index in [-0.39, 0.29) is 21.9 Å². The predicted octanol–water partition coefficient (Wildman–Crippen LogP) is 4.75. The van der Waals surface area contributed by atoms with Gasteiger partial charge in [0.05, 0.1) is 18.2 Å². The van der Waals surface area contributed by atoms with Crippen LogP contribution in [0.4, 0.5) is 0 Å². The van der Waals surface area contributed by atoms with Gasteiger partial charge >= 0.3 is 0 Å². The highest BCUT2D eigenvalue weighted by Crippen LogP contribution is 2.35. The molecule has 0 spiro atoms. The molecular weight excluding hydrogens is 448 g/mol. The molecule has 2 aliphatic rings. The number of sulfonamides is 1. The molecular formula is C24H29ClN2O4S. The lowest BCUT2D eigenvalue weighted by Crippen LogP contribution is -2.39. The molecule has 8 heteroatoms. The molecule has 0 aromatic heterocycles. The minimum Gasteiger partial charge on any atom is -0.497 e. The van der Waals surface area contributed by atoms with Crippen LogP contribution in [0.2, 0.25) is 5.02 Å². The molecule has 0 bridgehead atoms. The zero-order valence-electron chi connectivity index (χ0n) is 18.5. The van der Waals surface area contributed by atoms with Crippen molar-refractivity contribution in [2.24, 2.45) is 5.92 Å². The summed E-state index contributed by atoms with van der Waals surface area (Å²) in [5, 5.41) is 0.146. The lowest BCUT2D eigenvalue weighted by atomic mass is 10.0. The highest BCUT2D eigenvalue weighted by Gasteiger charge is 2.34. The third-order valence-electron chi connectivity index (χ3n) is 6.43. The third-order valence-corrected chi connectivity index (χ3v) is 8.78. The number of carbonyl (C=O) groups excluding carboxylic acids is 1. The van der Waals surface area contributed by atoms with Crippen LogP contribution in [0.3, 0.4) is 0 Å². The van der Waals surface area contributed by atoms with Gasteiger partial charge in [-0.25, -0.2) is 8.42 Å². The molecule has 2 unspecified atom stereocenters. The normalized spacial score (nSPS) is 22.2. The molecule has 32 heavy (non-hydrogen) atoms. The quantitative estimate of drug-likeness (QED) is 0.624. The molecule has 2 atom stereocenters. The Hall–Kier alpha value is -2.09. The molecule has 0 N–H and O–H groups in total. The zero-order valence-corrected chi connectivity index (χ0v) is 20.0. The van der Waals surface area contributed by atoms with Gasteiger partial charge < -0.3 is 9.64 Å². The van der Waals surface area contributed by atoms with Gasteiger partial charge in [-0.15, -0.1) is 0 Å². The predicted molar refractivity (Wildman–Crippen MR) is 125 cm³/mol. The largest absolute Gasteiger partial charge is 0.497 e. The fourth-order valence-electron chi connectivity index (χ4n) is 4.69. The molecule has 2 saturated heterocycles. The topological polar surface area (TPSA) is 66.9 Å². The number of methoxy groups -OCH3 is 1. The lowest BCUT2D eigenvalue weighted by molar-refractivity contribution is 0.0735. The van der Waals surface area contributed by atoms with Gasteiger partial charge in [0.15, 0.2) is 0 Å². The van der Waals surface area contributed by atoms with E-state index >= 15 is 0 Å². The second kappa shape index (κ2) is 9.41. The number of piperidine rings is 1. The second-order valence-corrected chi connectivity index (χ2v) is 11.0. The number of rotatable bonds is 5. The van der Waals surface area contributed by atoms with E-state index in [2.05, 4.69) is 6.92 Å². The number of benzene rings is 2. The molecule has 172 valence electrons. The maximum atomic E-state index is 13.4. The summed E-state index contributed by atoms with van der Waals surface area (Å²) in [5.41, 5.74) is 1.39. The van der Waals surface area contributed by atoms with Gasteiger partial charge in [-0.1, -0.05) is 30.7 Å². The molecule has 2 aliphatic heterocycles. The number of carbonyl (C=O) groups is 1. The van der Waals surface area contributed by atoms with E-state index in [9.17, 15) is 13.2 Å². The second-order valence-electron chi connectivity index (χ2n) is 8.69. The number of nitrogens with zero attached hydrogens (tertiary/aromatic N) is 2. The van der Waals surface area contributed by atoms with Gasteiger partial charge in [0.2, 0.25) is 10.0 Å². The van der Waals surface area contributed by atoms with Crippen molar-refractivity contribution < 1.29 is 17.9 Å². The van der Waals surface area contributed by atoms with Crippen LogP contribution in [0.1, 0.15) is 54.6 Å². The first-order valence-corrected chi connectivity index (χ1v) is 12.9. The van der Waals surface area contributed by atoms with Gasteiger partial charge in [-0.2, -0.15) is 4.31 Å². The first kappa shape index (κ1) is 23.1. The summed E-state index contributed by atoms with van der Waals surface area (Å²) < 4.78 is 33.3. The van der Waals surface area contributed by atoms with E-state index in [1.165, 1.54) is 16.4 Å². The van der Waals surface area contributed by atoms with E-state index in [1.54, 1.807) is 13.2 Å². The highest BCUT2D eigenvalue weighted by molar-refractivity contribution is 7.89. The van der Waals surface area contributed by atoms with Crippen molar-refractivity contribution in [3.8, 4) is 5.75 Å². The van der Waals surface area contributed by atoms with Crippen LogP contribution >= 0.6 is 11.6 Å². The first-order chi connectivity index (χ1) is 15.3. The number of likely N-dealkylation sites (tertiary alicyclic amines) is 1. The fourth-order valence-corrected chi connectivity index (χ4v) is 6.78. The van der Waals surface area contributed by atoms with Gasteiger partial charge in [-0.3, -0.25) is 4.79 Å². The summed E-state index contributed by atoms with van der Waals surface area (Å²) in [5.74, 6) is 0.893. The molecule has 1 amide bonds. The number of hydrogen-bond donors (Lipinski definition) is 0. The van der Waals surface area contributed by atoms with Crippen LogP contribution < -0.4 is 4.74 Å². The molecule has 0 saturated carbocycles. The Labute approximate surface area is 195 Å². The summed E-state index contributed by atoms with van der Waals surface area (Å²) in [6.07, 6.45) is 3.60. The van der Waals surface area contributed by atoms with Crippen LogP contribution in [0.25, 0.3) is 0 Å². The Morgan fingerprint density at radius 1 is 1.06 bits per heavy atom. The van der Waals surface area contributed by atoms with E-state index in [4.69, 9.17) is 16.3 Å². The molecule has 2 heterocycles. The monoisotopic (exact) mass is 476 g/mol. The minimum absolute atomic E-state index is 0.0133. The summed E-state index contributed by atoms with van der Waals surface area (Å²) >= 11 is 6.31. The Bertz CT molecular complexity index is 1090. The van der Waals surface area contributed by atoms with Crippen LogP contribution in [0, 0.1) is 5.92 Å². The van der Waals surface area contributed by atoms with Gasteiger partial charge in [0.1, 0.15) is 10.6 Å². The summed E-state index contributed by atoms with van der Waals surface area (Å²) in [6, 6.07) is 12.3. The zero-order chi connectivity index (χ0) is 22.9. The molecule has 2 fully saturated rings. The van der Waals surface area contributed by atoms with Crippen molar-refractivity contribution >= 4 is 27.5 Å². The van der Waals surface area contributed by atoms with Crippen LogP contribution in [-0.4, -0.2) is 50.3 Å². The Balaban J connectivity index is 1.61. The van der Waals surface area contributed by atoms with Gasteiger partial charge in [0.25, 0.3) is 5.91 Å². The van der Waals surface area contributed by atoms with Crippen molar-refractivity contribution in [3.63, 3.8) is 0 Å². The molecule has 2 aromatic carbocycles. The average molecular weight is 477 g/mol. The first-order valence-electron chi connectivity index (χ1n) is 11.1. The van der Waals surface area contributed by atoms with E-state index in [0.717, 1.165) is 37.0 Å². The van der Waals surface area contributed by atoms with E-state index in [0.29, 0.717) is 31.1 Å². The minimum atomic E-state index is -3.76. The van der Waals surface area contributed by atoms with Crippen molar-refractivity contribution in [3.05, 3.63) is 58.6 Å². The van der Waals surface area contributed by atoms with Crippen molar-refractivity contribution in [1.82, 2.24) is 9.21 Å². The van der Waals surface area contributed by atoms with Crippen LogP contribution in [-0.2, 0) is 10.0 Å². The molecule has 0 aliphatic carbocycles. The molecule has 6 nitrogen and oxygen atoms in total. The summed E-state index contributed by atoms with van der Waals surface area (Å²) in [7, 11) is -2.14. The number of ether oxygens (including phenoxy) is 1. The molecule has 0 radical (unpaired) electrons. The Morgan fingerprint density at radius 3 is 2.47 bits per heavy atom. The SMILES string of the molecule is COc1ccc(C2CCCN2C(=O)c2ccc(Cl)c(S(=O)(=O)N3CCCC(C)C3)c2)cc1. The van der Waals surface area contributed by atoms with Crippen molar-refractivity contribution in [1.29, 1.82) is 0 Å². The maximum Gasteiger partial charge on any atom is 0.254 e. The van der Waals surface area contributed by atoms with Crippen molar-refractivity contribution in [2.45, 2.75) is 43.5 Å². The Kier molecular flexibility index (Phi) is 6.79. The van der Waals surface area contributed by atoms with Crippen LogP contribution in [0.5, 0.6) is 5.75 Å². The van der Waals surface area contributed by atoms with Gasteiger partial charge in [0, 0.05) is 25.2 Å². The average Bonchev–Trinajstić information content (AvgIpc) is 3.29. The van der Waals surface area contributed by atoms with Crippen LogP contribution in [0.15, 0.2) is 47.4 Å². The molecule has 2 aromatic rings.